The summed E-state index contributed by atoms with van der Waals surface area (Å²) in [5, 5.41) is 5.25. The molecule has 0 unspecified atom stereocenters. The van der Waals surface area contributed by atoms with Crippen LogP contribution in [0.4, 0.5) is 17.1 Å². The van der Waals surface area contributed by atoms with Crippen LogP contribution < -0.4 is 26.6 Å². The highest BCUT2D eigenvalue weighted by atomic mass is 16.5. The van der Waals surface area contributed by atoms with Gasteiger partial charge in [-0.2, -0.15) is 0 Å². The normalized spacial score (nSPS) is 16.5. The van der Waals surface area contributed by atoms with Gasteiger partial charge in [0.2, 0.25) is 0 Å². The van der Waals surface area contributed by atoms with Crippen molar-refractivity contribution in [2.75, 3.05) is 10.3 Å². The first kappa shape index (κ1) is 24.2. The molecule has 2 aliphatic carbocycles. The SMILES string of the molecule is N/C(=C\N(N)c1cccc(Nc2ccc(OCc3ccccn3)cc2C2CC2)c1)CC1CCCCC1. The van der Waals surface area contributed by atoms with Crippen molar-refractivity contribution in [2.24, 2.45) is 17.5 Å². The van der Waals surface area contributed by atoms with Crippen molar-refractivity contribution >= 4 is 17.1 Å². The summed E-state index contributed by atoms with van der Waals surface area (Å²) in [6.45, 7) is 0.462. The molecular weight excluding hydrogens is 446 g/mol. The highest BCUT2D eigenvalue weighted by molar-refractivity contribution is 5.69. The van der Waals surface area contributed by atoms with Crippen LogP contribution in [-0.2, 0) is 6.61 Å². The molecule has 3 aromatic rings. The summed E-state index contributed by atoms with van der Waals surface area (Å²) < 4.78 is 6.03. The van der Waals surface area contributed by atoms with Gasteiger partial charge in [-0.15, -0.1) is 0 Å². The largest absolute Gasteiger partial charge is 0.487 e. The summed E-state index contributed by atoms with van der Waals surface area (Å²) in [5.41, 5.74) is 12.4. The van der Waals surface area contributed by atoms with Crippen molar-refractivity contribution in [3.8, 4) is 5.75 Å². The molecule has 1 heterocycles. The number of ether oxygens (including phenoxy) is 1. The molecule has 0 saturated heterocycles. The van der Waals surface area contributed by atoms with Gasteiger partial charge in [-0.1, -0.05) is 44.2 Å². The second-order valence-electron chi connectivity index (χ2n) is 10.1. The van der Waals surface area contributed by atoms with E-state index in [1.807, 2.05) is 42.6 Å². The summed E-state index contributed by atoms with van der Waals surface area (Å²) in [5.74, 6) is 8.51. The van der Waals surface area contributed by atoms with Crippen LogP contribution in [0.2, 0.25) is 0 Å². The van der Waals surface area contributed by atoms with E-state index in [0.29, 0.717) is 18.4 Å². The maximum absolute atomic E-state index is 6.38. The third-order valence-electron chi connectivity index (χ3n) is 7.13. The zero-order valence-corrected chi connectivity index (χ0v) is 20.9. The smallest absolute Gasteiger partial charge is 0.130 e. The summed E-state index contributed by atoms with van der Waals surface area (Å²) in [6, 6.07) is 20.3. The topological polar surface area (TPSA) is 89.4 Å². The van der Waals surface area contributed by atoms with E-state index in [2.05, 4.69) is 34.6 Å². The second-order valence-corrected chi connectivity index (χ2v) is 10.1. The van der Waals surface area contributed by atoms with Crippen LogP contribution >= 0.6 is 0 Å². The molecule has 1 aromatic heterocycles. The Morgan fingerprint density at radius 2 is 1.86 bits per heavy atom. The van der Waals surface area contributed by atoms with Crippen molar-refractivity contribution in [3.05, 3.63) is 90.0 Å². The molecule has 0 radical (unpaired) electrons. The Balaban J connectivity index is 1.25. The Kier molecular flexibility index (Phi) is 7.72. The quantitative estimate of drug-likeness (QED) is 0.219. The molecule has 6 heteroatoms. The Morgan fingerprint density at radius 1 is 1.00 bits per heavy atom. The first-order valence-corrected chi connectivity index (χ1v) is 13.2. The van der Waals surface area contributed by atoms with Gasteiger partial charge in [0, 0.05) is 29.5 Å². The molecule has 5 rings (SSSR count). The van der Waals surface area contributed by atoms with Crippen LogP contribution in [0.25, 0.3) is 0 Å². The third kappa shape index (κ3) is 6.58. The Morgan fingerprint density at radius 3 is 2.64 bits per heavy atom. The zero-order valence-electron chi connectivity index (χ0n) is 20.9. The molecule has 5 N–H and O–H groups in total. The molecule has 2 aromatic carbocycles. The van der Waals surface area contributed by atoms with E-state index in [1.54, 1.807) is 11.2 Å². The van der Waals surface area contributed by atoms with Crippen molar-refractivity contribution < 1.29 is 4.74 Å². The monoisotopic (exact) mass is 483 g/mol. The maximum Gasteiger partial charge on any atom is 0.130 e. The summed E-state index contributed by atoms with van der Waals surface area (Å²) >= 11 is 0. The predicted molar refractivity (Wildman–Crippen MR) is 147 cm³/mol. The van der Waals surface area contributed by atoms with E-state index in [9.17, 15) is 0 Å². The minimum absolute atomic E-state index is 0.462. The number of aromatic nitrogens is 1. The predicted octanol–water partition coefficient (Wildman–Crippen LogP) is 6.73. The summed E-state index contributed by atoms with van der Waals surface area (Å²) in [4.78, 5) is 4.34. The fourth-order valence-electron chi connectivity index (χ4n) is 5.05. The van der Waals surface area contributed by atoms with E-state index in [-0.39, 0.29) is 0 Å². The van der Waals surface area contributed by atoms with E-state index in [4.69, 9.17) is 16.3 Å². The van der Waals surface area contributed by atoms with Gasteiger partial charge in [0.15, 0.2) is 0 Å². The number of hydrogen-bond acceptors (Lipinski definition) is 6. The lowest BCUT2D eigenvalue weighted by Gasteiger charge is -2.23. The summed E-state index contributed by atoms with van der Waals surface area (Å²) in [6.07, 6.45) is 13.5. The van der Waals surface area contributed by atoms with Crippen molar-refractivity contribution in [1.82, 2.24) is 4.98 Å². The number of rotatable bonds is 10. The molecule has 0 spiro atoms. The van der Waals surface area contributed by atoms with Crippen molar-refractivity contribution in [3.63, 3.8) is 0 Å². The number of pyridine rings is 1. The van der Waals surface area contributed by atoms with Gasteiger partial charge in [-0.05, 0) is 85.2 Å². The minimum atomic E-state index is 0.462. The van der Waals surface area contributed by atoms with Crippen LogP contribution in [0.3, 0.4) is 0 Å². The highest BCUT2D eigenvalue weighted by Crippen LogP contribution is 2.45. The van der Waals surface area contributed by atoms with Crippen LogP contribution in [0.5, 0.6) is 5.75 Å². The lowest BCUT2D eigenvalue weighted by molar-refractivity contribution is 0.301. The second kappa shape index (κ2) is 11.5. The molecule has 0 bridgehead atoms. The van der Waals surface area contributed by atoms with E-state index >= 15 is 0 Å². The number of nitrogens with zero attached hydrogens (tertiary/aromatic N) is 2. The van der Waals surface area contributed by atoms with E-state index in [1.165, 1.54) is 50.5 Å². The van der Waals surface area contributed by atoms with Crippen LogP contribution in [0.15, 0.2) is 78.8 Å². The van der Waals surface area contributed by atoms with E-state index in [0.717, 1.165) is 40.6 Å². The lowest BCUT2D eigenvalue weighted by atomic mass is 9.86. The molecule has 2 aliphatic rings. The van der Waals surface area contributed by atoms with Gasteiger partial charge in [0.1, 0.15) is 12.4 Å². The molecule has 0 atom stereocenters. The first-order chi connectivity index (χ1) is 17.6. The van der Waals surface area contributed by atoms with Gasteiger partial charge in [0.25, 0.3) is 0 Å². The number of hydrazine groups is 1. The Hall–Kier alpha value is -3.51. The molecule has 188 valence electrons. The Bertz CT molecular complexity index is 1170. The zero-order chi connectivity index (χ0) is 24.7. The van der Waals surface area contributed by atoms with Gasteiger partial charge in [-0.25, -0.2) is 5.84 Å². The minimum Gasteiger partial charge on any atom is -0.487 e. The Labute approximate surface area is 214 Å². The number of benzene rings is 2. The molecule has 0 aliphatic heterocycles. The van der Waals surface area contributed by atoms with E-state index < -0.39 is 0 Å². The molecule has 6 nitrogen and oxygen atoms in total. The molecule has 2 fully saturated rings. The van der Waals surface area contributed by atoms with Gasteiger partial charge in [0.05, 0.1) is 11.4 Å². The molecule has 2 saturated carbocycles. The number of anilines is 3. The van der Waals surface area contributed by atoms with Crippen LogP contribution in [-0.4, -0.2) is 4.98 Å². The molecular formula is C30H37N5O. The highest BCUT2D eigenvalue weighted by Gasteiger charge is 2.27. The van der Waals surface area contributed by atoms with Gasteiger partial charge in [-0.3, -0.25) is 9.99 Å². The number of hydrogen-bond donors (Lipinski definition) is 3. The number of allylic oxidation sites excluding steroid dienone is 1. The lowest BCUT2D eigenvalue weighted by Crippen LogP contribution is -2.26. The van der Waals surface area contributed by atoms with Gasteiger partial charge >= 0.3 is 0 Å². The number of nitrogens with one attached hydrogen (secondary N) is 1. The summed E-state index contributed by atoms with van der Waals surface area (Å²) in [7, 11) is 0. The standard InChI is InChI=1S/C30H37N5O/c31-24(17-22-7-2-1-3-8-22)20-35(32)27-11-6-10-25(18-27)34-30-15-14-28(19-29(30)23-12-13-23)36-21-26-9-4-5-16-33-26/h4-6,9-11,14-16,18-20,22-23,34H,1-3,7-8,12-13,17,21,31-32H2/b24-20-. The van der Waals surface area contributed by atoms with Crippen molar-refractivity contribution in [1.29, 1.82) is 0 Å². The van der Waals surface area contributed by atoms with Crippen LogP contribution in [0.1, 0.15) is 68.5 Å². The van der Waals surface area contributed by atoms with Gasteiger partial charge < -0.3 is 15.8 Å². The molecule has 36 heavy (non-hydrogen) atoms. The maximum atomic E-state index is 6.38. The first-order valence-electron chi connectivity index (χ1n) is 13.2. The van der Waals surface area contributed by atoms with Crippen LogP contribution in [0, 0.1) is 5.92 Å². The average Bonchev–Trinajstić information content (AvgIpc) is 3.75. The third-order valence-corrected chi connectivity index (χ3v) is 7.13. The van der Waals surface area contributed by atoms with Crippen molar-refractivity contribution in [2.45, 2.75) is 63.9 Å². The fourth-order valence-corrected chi connectivity index (χ4v) is 5.05. The molecule has 0 amide bonds. The average molecular weight is 484 g/mol. The number of nitrogens with two attached hydrogens (primary N) is 2. The fraction of sp³-hybridized carbons (Fsp3) is 0.367.